The summed E-state index contributed by atoms with van der Waals surface area (Å²) in [4.78, 5) is 23.0. The number of benzene rings is 2. The Kier molecular flexibility index (Phi) is 7.76. The van der Waals surface area contributed by atoms with Crippen LogP contribution in [0.2, 0.25) is 5.02 Å². The van der Waals surface area contributed by atoms with Gasteiger partial charge < -0.3 is 14.2 Å². The quantitative estimate of drug-likeness (QED) is 0.628. The average molecular weight is 447 g/mol. The number of alkyl halides is 3. The number of hydrogen-bond acceptors (Lipinski definition) is 5. The Morgan fingerprint density at radius 3 is 2.20 bits per heavy atom. The number of amides is 2. The molecule has 2 aromatic carbocycles. The summed E-state index contributed by atoms with van der Waals surface area (Å²) in [6.45, 7) is 3.24. The van der Waals surface area contributed by atoms with E-state index >= 15 is 0 Å². The summed E-state index contributed by atoms with van der Waals surface area (Å²) in [5.74, 6) is 0.160. The second-order valence-electron chi connectivity index (χ2n) is 5.81. The fourth-order valence-electron chi connectivity index (χ4n) is 2.15. The zero-order valence-corrected chi connectivity index (χ0v) is 16.6. The molecule has 0 aliphatic carbocycles. The lowest BCUT2D eigenvalue weighted by Crippen LogP contribution is -2.47. The highest BCUT2D eigenvalue weighted by molar-refractivity contribution is 6.31. The largest absolute Gasteiger partial charge is 0.481 e. The monoisotopic (exact) mass is 446 g/mol. The Labute approximate surface area is 175 Å². The molecule has 162 valence electrons. The predicted molar refractivity (Wildman–Crippen MR) is 101 cm³/mol. The molecule has 2 aromatic rings. The maximum absolute atomic E-state index is 12.7. The molecule has 0 aromatic heterocycles. The third-order valence-corrected chi connectivity index (χ3v) is 3.86. The molecule has 0 radical (unpaired) electrons. The van der Waals surface area contributed by atoms with Gasteiger partial charge in [-0.05, 0) is 50.2 Å². The van der Waals surface area contributed by atoms with Gasteiger partial charge in [0.25, 0.3) is 5.91 Å². The number of ether oxygens (including phenoxy) is 3. The van der Waals surface area contributed by atoms with Crippen LogP contribution in [0.4, 0.5) is 18.0 Å². The summed E-state index contributed by atoms with van der Waals surface area (Å²) >= 11 is 5.66. The van der Waals surface area contributed by atoms with E-state index in [4.69, 9.17) is 21.1 Å². The maximum Gasteiger partial charge on any atom is 0.426 e. The van der Waals surface area contributed by atoms with Crippen molar-refractivity contribution >= 4 is 23.6 Å². The van der Waals surface area contributed by atoms with Crippen LogP contribution in [0.25, 0.3) is 0 Å². The number of rotatable bonds is 6. The Morgan fingerprint density at radius 2 is 1.63 bits per heavy atom. The fourth-order valence-corrected chi connectivity index (χ4v) is 2.43. The van der Waals surface area contributed by atoms with Crippen LogP contribution < -0.4 is 20.3 Å². The van der Waals surface area contributed by atoms with Crippen LogP contribution in [0.5, 0.6) is 17.2 Å². The molecule has 2 rings (SSSR count). The van der Waals surface area contributed by atoms with Crippen molar-refractivity contribution in [2.75, 3.05) is 6.61 Å². The Bertz CT molecular complexity index is 891. The summed E-state index contributed by atoms with van der Waals surface area (Å²) in [6, 6.07) is 9.07. The van der Waals surface area contributed by atoms with Crippen LogP contribution in [0.15, 0.2) is 42.5 Å². The van der Waals surface area contributed by atoms with Crippen LogP contribution in [0.3, 0.4) is 0 Å². The van der Waals surface area contributed by atoms with Gasteiger partial charge >= 0.3 is 12.3 Å². The molecule has 0 aliphatic rings. The van der Waals surface area contributed by atoms with Gasteiger partial charge in [0.2, 0.25) is 0 Å². The molecule has 2 amide bonds. The second-order valence-corrected chi connectivity index (χ2v) is 6.21. The molecule has 0 spiro atoms. The minimum Gasteiger partial charge on any atom is -0.481 e. The number of halogens is 4. The molecule has 0 unspecified atom stereocenters. The molecule has 1 atom stereocenters. The second kappa shape index (κ2) is 10.1. The number of hydrazine groups is 1. The molecular weight excluding hydrogens is 429 g/mol. The molecule has 30 heavy (non-hydrogen) atoms. The van der Waals surface area contributed by atoms with Gasteiger partial charge in [0.15, 0.2) is 6.10 Å². The van der Waals surface area contributed by atoms with Gasteiger partial charge in [-0.25, -0.2) is 10.2 Å². The Hall–Kier alpha value is -3.14. The van der Waals surface area contributed by atoms with Gasteiger partial charge in [0.05, 0.1) is 17.2 Å². The van der Waals surface area contributed by atoms with E-state index in [1.165, 1.54) is 31.2 Å². The van der Waals surface area contributed by atoms with E-state index in [1.54, 1.807) is 6.92 Å². The lowest BCUT2D eigenvalue weighted by Gasteiger charge is -2.15. The normalized spacial score (nSPS) is 11.9. The SMILES string of the molecule is CCOC(=O)NNC(=O)[C@@H](C)Oc1ccc(Oc2ccc(C(F)(F)F)c(Cl)c2)cc1. The molecular formula is C19H18ClF3N2O5. The molecule has 11 heteroatoms. The first-order valence-electron chi connectivity index (χ1n) is 8.64. The van der Waals surface area contributed by atoms with E-state index in [2.05, 4.69) is 15.6 Å². The third kappa shape index (κ3) is 6.73. The highest BCUT2D eigenvalue weighted by atomic mass is 35.5. The predicted octanol–water partition coefficient (Wildman–Crippen LogP) is 4.70. The van der Waals surface area contributed by atoms with E-state index in [1.807, 2.05) is 0 Å². The molecule has 2 N–H and O–H groups in total. The van der Waals surface area contributed by atoms with E-state index in [9.17, 15) is 22.8 Å². The molecule has 0 bridgehead atoms. The summed E-state index contributed by atoms with van der Waals surface area (Å²) in [5.41, 5.74) is 3.25. The summed E-state index contributed by atoms with van der Waals surface area (Å²) in [5, 5.41) is -0.476. The van der Waals surface area contributed by atoms with Gasteiger partial charge in [-0.15, -0.1) is 0 Å². The van der Waals surface area contributed by atoms with Gasteiger partial charge in [0.1, 0.15) is 17.2 Å². The smallest absolute Gasteiger partial charge is 0.426 e. The van der Waals surface area contributed by atoms with E-state index in [-0.39, 0.29) is 12.4 Å². The van der Waals surface area contributed by atoms with Gasteiger partial charge in [-0.1, -0.05) is 11.6 Å². The minimum absolute atomic E-state index is 0.124. The number of hydrogen-bond donors (Lipinski definition) is 2. The van der Waals surface area contributed by atoms with Crippen molar-refractivity contribution in [3.8, 4) is 17.2 Å². The van der Waals surface area contributed by atoms with E-state index in [0.717, 1.165) is 18.2 Å². The summed E-state index contributed by atoms with van der Waals surface area (Å²) in [7, 11) is 0. The first-order chi connectivity index (χ1) is 14.1. The molecule has 0 aliphatic heterocycles. The van der Waals surface area contributed by atoms with Crippen molar-refractivity contribution in [2.24, 2.45) is 0 Å². The average Bonchev–Trinajstić information content (AvgIpc) is 2.67. The Balaban J connectivity index is 1.93. The summed E-state index contributed by atoms with van der Waals surface area (Å²) < 4.78 is 53.7. The number of carbonyl (C=O) groups excluding carboxylic acids is 2. The minimum atomic E-state index is -4.55. The molecule has 0 saturated carbocycles. The zero-order valence-electron chi connectivity index (χ0n) is 15.9. The fraction of sp³-hybridized carbons (Fsp3) is 0.263. The molecule has 0 saturated heterocycles. The standard InChI is InChI=1S/C19H18ClF3N2O5/c1-3-28-18(27)25-24-17(26)11(2)29-12-4-6-13(7-5-12)30-14-8-9-15(16(20)10-14)19(21,22)23/h4-11H,3H2,1-2H3,(H,24,26)(H,25,27)/t11-/m1/s1. The lowest BCUT2D eigenvalue weighted by molar-refractivity contribution is -0.137. The van der Waals surface area contributed by atoms with Gasteiger partial charge in [-0.3, -0.25) is 10.2 Å². The van der Waals surface area contributed by atoms with Crippen LogP contribution in [0.1, 0.15) is 19.4 Å². The van der Waals surface area contributed by atoms with Crippen molar-refractivity contribution in [1.82, 2.24) is 10.9 Å². The topological polar surface area (TPSA) is 85.9 Å². The third-order valence-electron chi connectivity index (χ3n) is 3.55. The van der Waals surface area contributed by atoms with Gasteiger partial charge in [-0.2, -0.15) is 13.2 Å². The van der Waals surface area contributed by atoms with Crippen LogP contribution >= 0.6 is 11.6 Å². The summed E-state index contributed by atoms with van der Waals surface area (Å²) in [6.07, 6.45) is -6.29. The molecule has 0 fully saturated rings. The van der Waals surface area contributed by atoms with E-state index < -0.39 is 34.9 Å². The first-order valence-corrected chi connectivity index (χ1v) is 9.02. The number of nitrogens with one attached hydrogen (secondary N) is 2. The Morgan fingerprint density at radius 1 is 1.03 bits per heavy atom. The van der Waals surface area contributed by atoms with Crippen molar-refractivity contribution in [3.05, 3.63) is 53.1 Å². The van der Waals surface area contributed by atoms with Crippen molar-refractivity contribution in [3.63, 3.8) is 0 Å². The van der Waals surface area contributed by atoms with Crippen molar-refractivity contribution < 1.29 is 37.0 Å². The van der Waals surface area contributed by atoms with Crippen molar-refractivity contribution in [2.45, 2.75) is 26.1 Å². The van der Waals surface area contributed by atoms with Gasteiger partial charge in [0, 0.05) is 6.07 Å². The van der Waals surface area contributed by atoms with E-state index in [0.29, 0.717) is 11.5 Å². The highest BCUT2D eigenvalue weighted by Crippen LogP contribution is 2.37. The maximum atomic E-state index is 12.7. The molecule has 7 nitrogen and oxygen atoms in total. The van der Waals surface area contributed by atoms with Crippen molar-refractivity contribution in [1.29, 1.82) is 0 Å². The van der Waals surface area contributed by atoms with Crippen LogP contribution in [0, 0.1) is 0 Å². The first kappa shape index (κ1) is 23.1. The number of carbonyl (C=O) groups is 2. The van der Waals surface area contributed by atoms with Crippen LogP contribution in [-0.2, 0) is 15.7 Å². The zero-order chi connectivity index (χ0) is 22.3. The lowest BCUT2D eigenvalue weighted by atomic mass is 10.2. The molecule has 0 heterocycles. The van der Waals surface area contributed by atoms with Crippen LogP contribution in [-0.4, -0.2) is 24.7 Å². The highest BCUT2D eigenvalue weighted by Gasteiger charge is 2.33.